The van der Waals surface area contributed by atoms with Gasteiger partial charge in [0, 0.05) is 0 Å². The minimum Gasteiger partial charge on any atom is -0.490 e. The summed E-state index contributed by atoms with van der Waals surface area (Å²) in [7, 11) is 0. The minimum absolute atomic E-state index is 0.244. The Kier molecular flexibility index (Phi) is 11.1. The second kappa shape index (κ2) is 13.8. The Hall–Kier alpha value is -2.29. The average molecular weight is 411 g/mol. The number of hydrogen-bond donors (Lipinski definition) is 0. The maximum absolute atomic E-state index is 12.1. The van der Waals surface area contributed by atoms with E-state index in [-0.39, 0.29) is 12.1 Å². The number of rotatable bonds is 14. The summed E-state index contributed by atoms with van der Waals surface area (Å²) in [6.45, 7) is 7.06. The van der Waals surface area contributed by atoms with Gasteiger partial charge in [0.15, 0.2) is 0 Å². The highest BCUT2D eigenvalue weighted by atomic mass is 16.5. The van der Waals surface area contributed by atoms with Crippen LogP contribution in [0.5, 0.6) is 5.75 Å². The summed E-state index contributed by atoms with van der Waals surface area (Å²) in [5.74, 6) is 0.680. The molecule has 0 saturated heterocycles. The summed E-state index contributed by atoms with van der Waals surface area (Å²) in [6, 6.07) is 15.9. The summed E-state index contributed by atoms with van der Waals surface area (Å²) in [5.41, 5.74) is 2.79. The zero-order chi connectivity index (χ0) is 21.6. The lowest BCUT2D eigenvalue weighted by Crippen LogP contribution is -2.15. The fourth-order valence-corrected chi connectivity index (χ4v) is 3.46. The van der Waals surface area contributed by atoms with E-state index in [1.807, 2.05) is 36.4 Å². The van der Waals surface area contributed by atoms with Crippen LogP contribution in [0.2, 0.25) is 0 Å². The zero-order valence-electron chi connectivity index (χ0n) is 19.0. The lowest BCUT2D eigenvalue weighted by atomic mass is 10.0. The van der Waals surface area contributed by atoms with Gasteiger partial charge in [0.05, 0.1) is 18.3 Å². The molecule has 0 aromatic heterocycles. The SMILES string of the molecule is CCCCCCC(CC)Oc1ccc(-c2ccc(C(=O)OCCCCC)cc2)cc1. The van der Waals surface area contributed by atoms with Crippen molar-refractivity contribution in [3.63, 3.8) is 0 Å². The average Bonchev–Trinajstić information content (AvgIpc) is 2.79. The van der Waals surface area contributed by atoms with Crippen LogP contribution in [0.3, 0.4) is 0 Å². The molecule has 0 aliphatic heterocycles. The molecule has 2 aromatic carbocycles. The van der Waals surface area contributed by atoms with E-state index in [0.717, 1.165) is 49.0 Å². The van der Waals surface area contributed by atoms with Crippen molar-refractivity contribution in [1.29, 1.82) is 0 Å². The molecule has 0 N–H and O–H groups in total. The minimum atomic E-state index is -0.244. The topological polar surface area (TPSA) is 35.5 Å². The zero-order valence-corrected chi connectivity index (χ0v) is 19.0. The molecule has 0 heterocycles. The van der Waals surface area contributed by atoms with E-state index >= 15 is 0 Å². The molecule has 0 saturated carbocycles. The molecule has 2 aromatic rings. The van der Waals surface area contributed by atoms with E-state index in [2.05, 4.69) is 32.9 Å². The Morgan fingerprint density at radius 2 is 1.37 bits per heavy atom. The highest BCUT2D eigenvalue weighted by Crippen LogP contribution is 2.24. The number of carbonyl (C=O) groups is 1. The van der Waals surface area contributed by atoms with Gasteiger partial charge in [0.2, 0.25) is 0 Å². The summed E-state index contributed by atoms with van der Waals surface area (Å²) >= 11 is 0. The van der Waals surface area contributed by atoms with E-state index in [4.69, 9.17) is 9.47 Å². The van der Waals surface area contributed by atoms with Gasteiger partial charge in [-0.25, -0.2) is 4.79 Å². The molecule has 2 rings (SSSR count). The molecule has 0 aliphatic carbocycles. The highest BCUT2D eigenvalue weighted by Gasteiger charge is 2.10. The second-order valence-corrected chi connectivity index (χ2v) is 7.94. The lowest BCUT2D eigenvalue weighted by Gasteiger charge is -2.18. The maximum atomic E-state index is 12.1. The maximum Gasteiger partial charge on any atom is 0.338 e. The Bertz CT molecular complexity index is 719. The standard InChI is InChI=1S/C27H38O3/c1-4-7-9-10-12-25(6-3)30-26-19-17-23(18-20-26)22-13-15-24(16-14-22)27(28)29-21-11-8-5-2/h13-20,25H,4-12,21H2,1-3H3. The van der Waals surface area contributed by atoms with Crippen LogP contribution >= 0.6 is 0 Å². The van der Waals surface area contributed by atoms with E-state index in [9.17, 15) is 4.79 Å². The molecule has 3 heteroatoms. The van der Waals surface area contributed by atoms with Crippen LogP contribution in [0.4, 0.5) is 0 Å². The first-order valence-electron chi connectivity index (χ1n) is 11.7. The third-order valence-electron chi connectivity index (χ3n) is 5.43. The molecular weight excluding hydrogens is 372 g/mol. The second-order valence-electron chi connectivity index (χ2n) is 7.94. The fourth-order valence-electron chi connectivity index (χ4n) is 3.46. The van der Waals surface area contributed by atoms with Crippen molar-refractivity contribution in [2.24, 2.45) is 0 Å². The number of ether oxygens (including phenoxy) is 2. The molecule has 0 bridgehead atoms. The first-order valence-corrected chi connectivity index (χ1v) is 11.7. The molecule has 1 unspecified atom stereocenters. The van der Waals surface area contributed by atoms with Crippen molar-refractivity contribution in [3.05, 3.63) is 54.1 Å². The van der Waals surface area contributed by atoms with Gasteiger partial charge in [-0.2, -0.15) is 0 Å². The number of unbranched alkanes of at least 4 members (excludes halogenated alkanes) is 5. The van der Waals surface area contributed by atoms with Gasteiger partial charge in [-0.1, -0.05) is 77.1 Å². The predicted octanol–water partition coefficient (Wildman–Crippen LogP) is 7.83. The summed E-state index contributed by atoms with van der Waals surface area (Å²) < 4.78 is 11.5. The van der Waals surface area contributed by atoms with E-state index < -0.39 is 0 Å². The first kappa shape index (κ1) is 24.0. The normalized spacial score (nSPS) is 11.8. The van der Waals surface area contributed by atoms with Crippen molar-refractivity contribution in [3.8, 4) is 16.9 Å². The van der Waals surface area contributed by atoms with Gasteiger partial charge in [-0.05, 0) is 61.1 Å². The third-order valence-corrected chi connectivity index (χ3v) is 5.43. The molecule has 0 fully saturated rings. The van der Waals surface area contributed by atoms with Crippen molar-refractivity contribution in [1.82, 2.24) is 0 Å². The molecule has 164 valence electrons. The predicted molar refractivity (Wildman–Crippen MR) is 125 cm³/mol. The van der Waals surface area contributed by atoms with Crippen molar-refractivity contribution in [2.45, 2.75) is 84.7 Å². The van der Waals surface area contributed by atoms with Gasteiger partial charge in [-0.3, -0.25) is 0 Å². The molecule has 1 atom stereocenters. The summed E-state index contributed by atoms with van der Waals surface area (Å²) in [5, 5.41) is 0. The van der Waals surface area contributed by atoms with Crippen LogP contribution < -0.4 is 4.74 Å². The highest BCUT2D eigenvalue weighted by molar-refractivity contribution is 5.90. The molecule has 3 nitrogen and oxygen atoms in total. The monoisotopic (exact) mass is 410 g/mol. The van der Waals surface area contributed by atoms with Gasteiger partial charge in [0.25, 0.3) is 0 Å². The first-order chi connectivity index (χ1) is 14.7. The molecule has 0 amide bonds. The third kappa shape index (κ3) is 8.22. The molecular formula is C27H38O3. The van der Waals surface area contributed by atoms with Crippen molar-refractivity contribution >= 4 is 5.97 Å². The van der Waals surface area contributed by atoms with Crippen LogP contribution in [0.15, 0.2) is 48.5 Å². The quantitative estimate of drug-likeness (QED) is 0.235. The van der Waals surface area contributed by atoms with Crippen LogP contribution in [0.25, 0.3) is 11.1 Å². The summed E-state index contributed by atoms with van der Waals surface area (Å²) in [4.78, 5) is 12.1. The Balaban J connectivity index is 1.88. The van der Waals surface area contributed by atoms with Gasteiger partial charge < -0.3 is 9.47 Å². The molecule has 0 radical (unpaired) electrons. The molecule has 30 heavy (non-hydrogen) atoms. The Labute approximate surface area is 182 Å². The van der Waals surface area contributed by atoms with Gasteiger partial charge in [-0.15, -0.1) is 0 Å². The fraction of sp³-hybridized carbons (Fsp3) is 0.519. The van der Waals surface area contributed by atoms with Crippen LogP contribution in [-0.4, -0.2) is 18.7 Å². The number of esters is 1. The number of benzene rings is 2. The van der Waals surface area contributed by atoms with Gasteiger partial charge in [0.1, 0.15) is 5.75 Å². The number of carbonyl (C=O) groups excluding carboxylic acids is 1. The molecule has 0 spiro atoms. The summed E-state index contributed by atoms with van der Waals surface area (Å²) in [6.07, 6.45) is 10.7. The van der Waals surface area contributed by atoms with E-state index in [0.29, 0.717) is 12.2 Å². The molecule has 0 aliphatic rings. The Morgan fingerprint density at radius 3 is 1.97 bits per heavy atom. The Morgan fingerprint density at radius 1 is 0.767 bits per heavy atom. The van der Waals surface area contributed by atoms with E-state index in [1.54, 1.807) is 0 Å². The number of hydrogen-bond acceptors (Lipinski definition) is 3. The van der Waals surface area contributed by atoms with Gasteiger partial charge >= 0.3 is 5.97 Å². The smallest absolute Gasteiger partial charge is 0.338 e. The lowest BCUT2D eigenvalue weighted by molar-refractivity contribution is 0.0498. The van der Waals surface area contributed by atoms with Crippen LogP contribution in [0, 0.1) is 0 Å². The van der Waals surface area contributed by atoms with Crippen molar-refractivity contribution in [2.75, 3.05) is 6.61 Å². The largest absolute Gasteiger partial charge is 0.490 e. The van der Waals surface area contributed by atoms with E-state index in [1.165, 1.54) is 25.7 Å². The van der Waals surface area contributed by atoms with Crippen LogP contribution in [0.1, 0.15) is 88.9 Å². The van der Waals surface area contributed by atoms with Crippen LogP contribution in [-0.2, 0) is 4.74 Å². The van der Waals surface area contributed by atoms with Crippen molar-refractivity contribution < 1.29 is 14.3 Å².